The van der Waals surface area contributed by atoms with E-state index in [2.05, 4.69) is 10.00 Å². The molecule has 0 bridgehead atoms. The summed E-state index contributed by atoms with van der Waals surface area (Å²) in [5, 5.41) is 4.60. The van der Waals surface area contributed by atoms with Crippen molar-refractivity contribution in [2.24, 2.45) is 0 Å². The van der Waals surface area contributed by atoms with E-state index in [4.69, 9.17) is 25.0 Å². The summed E-state index contributed by atoms with van der Waals surface area (Å²) < 4.78 is 7.32. The maximum absolute atomic E-state index is 8.12. The number of hydrogen-bond donors (Lipinski definition) is 1. The van der Waals surface area contributed by atoms with Gasteiger partial charge in [0.05, 0.1) is 13.2 Å². The second kappa shape index (κ2) is 7.57. The van der Waals surface area contributed by atoms with Gasteiger partial charge in [0.25, 0.3) is 0 Å². The van der Waals surface area contributed by atoms with Crippen molar-refractivity contribution >= 4 is 23.2 Å². The Balaban J connectivity index is 0.000000569. The van der Waals surface area contributed by atoms with Crippen LogP contribution in [0.3, 0.4) is 0 Å². The summed E-state index contributed by atoms with van der Waals surface area (Å²) in [7, 11) is 0. The van der Waals surface area contributed by atoms with Gasteiger partial charge in [-0.1, -0.05) is 0 Å². The number of nitrogens with zero attached hydrogens (tertiary/aromatic N) is 4. The van der Waals surface area contributed by atoms with E-state index in [-0.39, 0.29) is 6.15 Å². The molecule has 2 aromatic heterocycles. The normalized spacial score (nSPS) is 13.8. The van der Waals surface area contributed by atoms with E-state index in [0.29, 0.717) is 5.82 Å². The molecular weight excluding hydrogens is 322 g/mol. The number of hydrogen-bond acceptors (Lipinski definition) is 7. The monoisotopic (exact) mass is 339 g/mol. The summed E-state index contributed by atoms with van der Waals surface area (Å²) >= 11 is 0. The van der Waals surface area contributed by atoms with Crippen LogP contribution in [0.5, 0.6) is 0 Å². The Morgan fingerprint density at radius 1 is 1.08 bits per heavy atom. The summed E-state index contributed by atoms with van der Waals surface area (Å²) in [5.74, 6) is 1.65. The lowest BCUT2D eigenvalue weighted by molar-refractivity contribution is -0.191. The highest BCUT2D eigenvalue weighted by molar-refractivity contribution is 5.72. The van der Waals surface area contributed by atoms with Crippen LogP contribution >= 0.6 is 0 Å². The Bertz CT molecular complexity index is 879. The minimum absolute atomic E-state index is 0.250. The number of fused-ring (bicyclic) bond motifs is 1. The van der Waals surface area contributed by atoms with Crippen molar-refractivity contribution in [3.8, 4) is 11.4 Å². The van der Waals surface area contributed by atoms with Gasteiger partial charge in [-0.05, 0) is 36.4 Å². The van der Waals surface area contributed by atoms with E-state index in [1.165, 1.54) is 0 Å². The molecule has 8 nitrogen and oxygen atoms in total. The van der Waals surface area contributed by atoms with Crippen LogP contribution in [0, 0.1) is 0 Å². The molecule has 3 heterocycles. The molecule has 8 heteroatoms. The Morgan fingerprint density at radius 2 is 1.76 bits per heavy atom. The van der Waals surface area contributed by atoms with E-state index >= 15 is 0 Å². The molecule has 1 aliphatic rings. The minimum Gasteiger partial charge on any atom is -0.399 e. The molecule has 3 aromatic rings. The quantitative estimate of drug-likeness (QED) is 0.700. The van der Waals surface area contributed by atoms with Crippen molar-refractivity contribution in [3.05, 3.63) is 42.6 Å². The van der Waals surface area contributed by atoms with Crippen LogP contribution in [-0.2, 0) is 14.3 Å². The number of ether oxygens (including phenoxy) is 1. The van der Waals surface area contributed by atoms with Gasteiger partial charge in [0.15, 0.2) is 11.6 Å². The maximum atomic E-state index is 8.12. The van der Waals surface area contributed by atoms with Crippen LogP contribution < -0.4 is 10.6 Å². The fourth-order valence-electron chi connectivity index (χ4n) is 2.68. The van der Waals surface area contributed by atoms with Crippen molar-refractivity contribution in [1.29, 1.82) is 0 Å². The first-order valence-electron chi connectivity index (χ1n) is 7.76. The number of anilines is 2. The Labute approximate surface area is 143 Å². The van der Waals surface area contributed by atoms with Gasteiger partial charge < -0.3 is 15.4 Å². The lowest BCUT2D eigenvalue weighted by Crippen LogP contribution is -2.37. The first-order chi connectivity index (χ1) is 12.2. The fraction of sp³-hybridized carbons (Fsp3) is 0.235. The first kappa shape index (κ1) is 16.6. The van der Waals surface area contributed by atoms with Crippen LogP contribution in [0.25, 0.3) is 16.9 Å². The molecule has 0 aliphatic carbocycles. The highest BCUT2D eigenvalue weighted by Gasteiger charge is 2.18. The zero-order chi connectivity index (χ0) is 17.6. The predicted octanol–water partition coefficient (Wildman–Crippen LogP) is 1.23. The highest BCUT2D eigenvalue weighted by Crippen LogP contribution is 2.24. The summed E-state index contributed by atoms with van der Waals surface area (Å²) in [6.45, 7) is 3.15. The van der Waals surface area contributed by atoms with Crippen molar-refractivity contribution in [2.45, 2.75) is 0 Å². The van der Waals surface area contributed by atoms with Crippen LogP contribution in [-0.4, -0.2) is 47.1 Å². The molecule has 1 aromatic carbocycles. The number of nitrogens with two attached hydrogens (primary N) is 1. The second-order valence-electron chi connectivity index (χ2n) is 5.40. The van der Waals surface area contributed by atoms with Crippen molar-refractivity contribution in [3.63, 3.8) is 0 Å². The average Bonchev–Trinajstić information content (AvgIpc) is 3.11. The van der Waals surface area contributed by atoms with Crippen molar-refractivity contribution < 1.29 is 14.3 Å². The summed E-state index contributed by atoms with van der Waals surface area (Å²) in [5.41, 5.74) is 8.47. The largest absolute Gasteiger partial charge is 0.399 e. The fourth-order valence-corrected chi connectivity index (χ4v) is 2.68. The van der Waals surface area contributed by atoms with Gasteiger partial charge in [0.2, 0.25) is 0 Å². The third-order valence-electron chi connectivity index (χ3n) is 3.85. The van der Waals surface area contributed by atoms with E-state index in [1.807, 2.05) is 47.1 Å². The standard InChI is InChI=1S/C16H17N5O.CO2/c17-13-5-3-12(4-6-13)15-18-16(20-8-10-22-11-9-20)14-2-1-7-21(14)19-15;2-1-3/h1-7H,8-11,17H2;. The number of nitrogen functional groups attached to an aromatic ring is 1. The Kier molecular flexibility index (Phi) is 5.03. The smallest absolute Gasteiger partial charge is 0.373 e. The highest BCUT2D eigenvalue weighted by atomic mass is 16.5. The minimum atomic E-state index is 0.250. The Hall–Kier alpha value is -3.22. The molecule has 128 valence electrons. The zero-order valence-electron chi connectivity index (χ0n) is 13.5. The number of benzene rings is 1. The second-order valence-corrected chi connectivity index (χ2v) is 5.40. The van der Waals surface area contributed by atoms with Gasteiger partial charge >= 0.3 is 6.15 Å². The lowest BCUT2D eigenvalue weighted by Gasteiger charge is -2.28. The van der Waals surface area contributed by atoms with Gasteiger partial charge in [-0.3, -0.25) is 0 Å². The molecule has 25 heavy (non-hydrogen) atoms. The van der Waals surface area contributed by atoms with Crippen LogP contribution in [0.1, 0.15) is 0 Å². The molecule has 1 aliphatic heterocycles. The maximum Gasteiger partial charge on any atom is 0.373 e. The molecule has 2 N–H and O–H groups in total. The third kappa shape index (κ3) is 3.65. The molecule has 0 radical (unpaired) electrons. The van der Waals surface area contributed by atoms with E-state index in [1.54, 1.807) is 0 Å². The first-order valence-corrected chi connectivity index (χ1v) is 7.76. The van der Waals surface area contributed by atoms with E-state index in [9.17, 15) is 0 Å². The molecular formula is C17H17N5O3. The summed E-state index contributed by atoms with van der Waals surface area (Å²) in [4.78, 5) is 23.3. The van der Waals surface area contributed by atoms with Crippen molar-refractivity contribution in [1.82, 2.24) is 14.6 Å². The van der Waals surface area contributed by atoms with Gasteiger partial charge in [0, 0.05) is 30.5 Å². The topological polar surface area (TPSA) is 103 Å². The number of rotatable bonds is 2. The van der Waals surface area contributed by atoms with Crippen molar-refractivity contribution in [2.75, 3.05) is 36.9 Å². The molecule has 1 fully saturated rings. The van der Waals surface area contributed by atoms with Gasteiger partial charge in [-0.25, -0.2) is 9.50 Å². The zero-order valence-corrected chi connectivity index (χ0v) is 13.5. The summed E-state index contributed by atoms with van der Waals surface area (Å²) in [6, 6.07) is 11.7. The van der Waals surface area contributed by atoms with Crippen LogP contribution in [0.4, 0.5) is 11.5 Å². The van der Waals surface area contributed by atoms with Gasteiger partial charge in [-0.2, -0.15) is 9.59 Å². The third-order valence-corrected chi connectivity index (χ3v) is 3.85. The molecule has 0 saturated carbocycles. The van der Waals surface area contributed by atoms with Gasteiger partial charge in [-0.15, -0.1) is 5.10 Å². The number of morpholine rings is 1. The number of aromatic nitrogens is 3. The van der Waals surface area contributed by atoms with E-state index in [0.717, 1.165) is 48.9 Å². The molecule has 0 atom stereocenters. The molecule has 4 rings (SSSR count). The van der Waals surface area contributed by atoms with Gasteiger partial charge in [0.1, 0.15) is 5.52 Å². The summed E-state index contributed by atoms with van der Waals surface area (Å²) in [6.07, 6.45) is 2.20. The molecule has 1 saturated heterocycles. The SMILES string of the molecule is Nc1ccc(-c2nc(N3CCOCC3)c3cccn3n2)cc1.O=C=O. The molecule has 0 unspecified atom stereocenters. The molecule has 0 amide bonds. The van der Waals surface area contributed by atoms with E-state index < -0.39 is 0 Å². The molecule has 0 spiro atoms. The van der Waals surface area contributed by atoms with Crippen LogP contribution in [0.2, 0.25) is 0 Å². The average molecular weight is 339 g/mol. The Morgan fingerprint density at radius 3 is 2.44 bits per heavy atom. The lowest BCUT2D eigenvalue weighted by atomic mass is 10.2. The van der Waals surface area contributed by atoms with Crippen LogP contribution in [0.15, 0.2) is 42.6 Å². The predicted molar refractivity (Wildman–Crippen MR) is 90.9 cm³/mol. The number of carbonyl (C=O) groups excluding carboxylic acids is 2.